The van der Waals surface area contributed by atoms with Crippen LogP contribution in [0.4, 0.5) is 0 Å². The largest absolute Gasteiger partial charge is 0.377 e. The van der Waals surface area contributed by atoms with E-state index in [-0.39, 0.29) is 11.0 Å². The first-order chi connectivity index (χ1) is 9.54. The molecule has 20 heavy (non-hydrogen) atoms. The lowest BCUT2D eigenvalue weighted by molar-refractivity contribution is 0.0752. The van der Waals surface area contributed by atoms with Crippen LogP contribution in [0.15, 0.2) is 17.3 Å². The van der Waals surface area contributed by atoms with Gasteiger partial charge in [0.25, 0.3) is 0 Å². The Balaban J connectivity index is 2.14. The second-order valence-electron chi connectivity index (χ2n) is 4.94. The van der Waals surface area contributed by atoms with Crippen LogP contribution in [0, 0.1) is 0 Å². The summed E-state index contributed by atoms with van der Waals surface area (Å²) in [5.41, 5.74) is 0. The van der Waals surface area contributed by atoms with Gasteiger partial charge in [-0.2, -0.15) is 9.40 Å². The van der Waals surface area contributed by atoms with Gasteiger partial charge >= 0.3 is 0 Å². The van der Waals surface area contributed by atoms with E-state index in [1.807, 2.05) is 14.0 Å². The zero-order valence-electron chi connectivity index (χ0n) is 11.9. The summed E-state index contributed by atoms with van der Waals surface area (Å²) in [6, 6.07) is 0. The van der Waals surface area contributed by atoms with Gasteiger partial charge in [0, 0.05) is 32.4 Å². The van der Waals surface area contributed by atoms with E-state index in [9.17, 15) is 8.42 Å². The lowest BCUT2D eigenvalue weighted by atomic mass is 10.4. The number of hydrogen-bond acceptors (Lipinski definition) is 5. The van der Waals surface area contributed by atoms with Gasteiger partial charge in [0.2, 0.25) is 10.0 Å². The van der Waals surface area contributed by atoms with Crippen molar-refractivity contribution >= 4 is 10.0 Å². The zero-order valence-corrected chi connectivity index (χ0v) is 12.8. The molecule has 2 heterocycles. The highest BCUT2D eigenvalue weighted by Gasteiger charge is 2.28. The lowest BCUT2D eigenvalue weighted by Crippen LogP contribution is -2.35. The molecule has 0 saturated carbocycles. The van der Waals surface area contributed by atoms with Crippen LogP contribution < -0.4 is 5.32 Å². The van der Waals surface area contributed by atoms with Crippen molar-refractivity contribution in [2.45, 2.75) is 30.9 Å². The van der Waals surface area contributed by atoms with Crippen molar-refractivity contribution in [2.24, 2.45) is 0 Å². The molecule has 0 aromatic carbocycles. The number of likely N-dealkylation sites (N-methyl/N-ethyl adjacent to an activating group) is 1. The standard InChI is InChI=1S/C12H22N4O3S/c1-11-9-16(5-3-7-19-11)20(17,18)12-8-14-15(10-12)6-4-13-2/h8,10-11,13H,3-7,9H2,1-2H3. The summed E-state index contributed by atoms with van der Waals surface area (Å²) in [5.74, 6) is 0. The molecule has 1 unspecified atom stereocenters. The normalized spacial score (nSPS) is 21.8. The summed E-state index contributed by atoms with van der Waals surface area (Å²) >= 11 is 0. The first-order valence-electron chi connectivity index (χ1n) is 6.83. The second kappa shape index (κ2) is 6.66. The maximum absolute atomic E-state index is 12.6. The maximum Gasteiger partial charge on any atom is 0.246 e. The van der Waals surface area contributed by atoms with Crippen LogP contribution >= 0.6 is 0 Å². The summed E-state index contributed by atoms with van der Waals surface area (Å²) < 4.78 is 33.8. The number of hydrogen-bond donors (Lipinski definition) is 1. The van der Waals surface area contributed by atoms with Crippen LogP contribution in [0.1, 0.15) is 13.3 Å². The molecule has 0 radical (unpaired) electrons. The van der Waals surface area contributed by atoms with Crippen LogP contribution in [-0.2, 0) is 21.3 Å². The van der Waals surface area contributed by atoms with E-state index in [1.54, 1.807) is 10.9 Å². The Hall–Kier alpha value is -0.960. The molecule has 1 aromatic heterocycles. The van der Waals surface area contributed by atoms with Crippen molar-refractivity contribution in [3.05, 3.63) is 12.4 Å². The average molecular weight is 302 g/mol. The number of ether oxygens (including phenoxy) is 1. The van der Waals surface area contributed by atoms with Crippen molar-refractivity contribution in [1.82, 2.24) is 19.4 Å². The van der Waals surface area contributed by atoms with Gasteiger partial charge in [-0.1, -0.05) is 0 Å². The SMILES string of the molecule is CNCCn1cc(S(=O)(=O)N2CCCOC(C)C2)cn1. The lowest BCUT2D eigenvalue weighted by Gasteiger charge is -2.20. The van der Waals surface area contributed by atoms with E-state index in [0.717, 1.165) is 13.0 Å². The third-order valence-electron chi connectivity index (χ3n) is 3.25. The minimum absolute atomic E-state index is 0.0772. The Kier molecular flexibility index (Phi) is 5.14. The molecule has 8 heteroatoms. The number of nitrogens with one attached hydrogen (secondary N) is 1. The van der Waals surface area contributed by atoms with E-state index in [2.05, 4.69) is 10.4 Å². The second-order valence-corrected chi connectivity index (χ2v) is 6.88. The molecule has 1 fully saturated rings. The minimum atomic E-state index is -3.47. The molecule has 1 aliphatic heterocycles. The summed E-state index contributed by atoms with van der Waals surface area (Å²) in [7, 11) is -1.63. The predicted molar refractivity (Wildman–Crippen MR) is 74.9 cm³/mol. The van der Waals surface area contributed by atoms with Gasteiger partial charge in [-0.05, 0) is 20.4 Å². The molecule has 1 aromatic rings. The third kappa shape index (κ3) is 3.57. The number of rotatable bonds is 5. The summed E-state index contributed by atoms with van der Waals surface area (Å²) in [6.07, 6.45) is 3.65. The van der Waals surface area contributed by atoms with Crippen molar-refractivity contribution in [2.75, 3.05) is 33.3 Å². The summed E-state index contributed by atoms with van der Waals surface area (Å²) in [5, 5.41) is 7.10. The number of aromatic nitrogens is 2. The highest BCUT2D eigenvalue weighted by molar-refractivity contribution is 7.89. The van der Waals surface area contributed by atoms with Gasteiger partial charge in [0.1, 0.15) is 4.90 Å². The van der Waals surface area contributed by atoms with E-state index < -0.39 is 10.0 Å². The van der Waals surface area contributed by atoms with Crippen LogP contribution in [0.5, 0.6) is 0 Å². The van der Waals surface area contributed by atoms with Crippen LogP contribution in [0.25, 0.3) is 0 Å². The van der Waals surface area contributed by atoms with E-state index in [1.165, 1.54) is 10.5 Å². The van der Waals surface area contributed by atoms with Gasteiger partial charge in [-0.15, -0.1) is 0 Å². The Morgan fingerprint density at radius 3 is 3.10 bits per heavy atom. The highest BCUT2D eigenvalue weighted by atomic mass is 32.2. The van der Waals surface area contributed by atoms with Gasteiger partial charge in [-0.25, -0.2) is 8.42 Å². The van der Waals surface area contributed by atoms with E-state index >= 15 is 0 Å². The van der Waals surface area contributed by atoms with Crippen LogP contribution in [0.2, 0.25) is 0 Å². The number of sulfonamides is 1. The van der Waals surface area contributed by atoms with Crippen molar-refractivity contribution in [1.29, 1.82) is 0 Å². The predicted octanol–water partition coefficient (Wildman–Crippen LogP) is -0.0980. The zero-order chi connectivity index (χ0) is 14.6. The Labute approximate surface area is 120 Å². The fourth-order valence-electron chi connectivity index (χ4n) is 2.15. The monoisotopic (exact) mass is 302 g/mol. The number of nitrogens with zero attached hydrogens (tertiary/aromatic N) is 3. The summed E-state index contributed by atoms with van der Waals surface area (Å²) in [4.78, 5) is 0.253. The van der Waals surface area contributed by atoms with Crippen LogP contribution in [0.3, 0.4) is 0 Å². The minimum Gasteiger partial charge on any atom is -0.377 e. The maximum atomic E-state index is 12.6. The van der Waals surface area contributed by atoms with Crippen molar-refractivity contribution < 1.29 is 13.2 Å². The molecule has 0 bridgehead atoms. The molecule has 0 spiro atoms. The molecule has 7 nitrogen and oxygen atoms in total. The van der Waals surface area contributed by atoms with E-state index in [0.29, 0.717) is 26.2 Å². The topological polar surface area (TPSA) is 76.5 Å². The van der Waals surface area contributed by atoms with Crippen LogP contribution in [-0.4, -0.2) is 61.9 Å². The molecule has 1 saturated heterocycles. The molecular weight excluding hydrogens is 280 g/mol. The third-order valence-corrected chi connectivity index (χ3v) is 5.07. The molecule has 114 valence electrons. The fraction of sp³-hybridized carbons (Fsp3) is 0.750. The van der Waals surface area contributed by atoms with Gasteiger partial charge in [0.05, 0.1) is 18.8 Å². The average Bonchev–Trinajstić information content (AvgIpc) is 2.78. The Bertz CT molecular complexity index is 529. The summed E-state index contributed by atoms with van der Waals surface area (Å²) in [6.45, 7) is 4.78. The fourth-order valence-corrected chi connectivity index (χ4v) is 3.66. The van der Waals surface area contributed by atoms with Gasteiger partial charge in [-0.3, -0.25) is 4.68 Å². The quantitative estimate of drug-likeness (QED) is 0.822. The molecule has 1 atom stereocenters. The molecule has 1 N–H and O–H groups in total. The molecule has 0 aliphatic carbocycles. The van der Waals surface area contributed by atoms with Gasteiger partial charge < -0.3 is 10.1 Å². The Morgan fingerprint density at radius 1 is 1.55 bits per heavy atom. The highest BCUT2D eigenvalue weighted by Crippen LogP contribution is 2.18. The Morgan fingerprint density at radius 2 is 2.35 bits per heavy atom. The van der Waals surface area contributed by atoms with Crippen molar-refractivity contribution in [3.8, 4) is 0 Å². The van der Waals surface area contributed by atoms with Crippen molar-refractivity contribution in [3.63, 3.8) is 0 Å². The molecule has 1 aliphatic rings. The molecule has 0 amide bonds. The first-order valence-corrected chi connectivity index (χ1v) is 8.27. The molecular formula is C12H22N4O3S. The van der Waals surface area contributed by atoms with Gasteiger partial charge in [0.15, 0.2) is 0 Å². The molecule has 2 rings (SSSR count). The smallest absolute Gasteiger partial charge is 0.246 e. The first kappa shape index (κ1) is 15.4. The van der Waals surface area contributed by atoms with E-state index in [4.69, 9.17) is 4.74 Å².